The molecule has 2 aromatic carbocycles. The Balaban J connectivity index is 2.11. The van der Waals surface area contributed by atoms with Gasteiger partial charge in [0.25, 0.3) is 0 Å². The minimum absolute atomic E-state index is 0.0531. The lowest BCUT2D eigenvalue weighted by Gasteiger charge is -2.10. The molecule has 2 rings (SSSR count). The molecule has 21 heavy (non-hydrogen) atoms. The van der Waals surface area contributed by atoms with Crippen molar-refractivity contribution in [2.75, 3.05) is 7.11 Å². The van der Waals surface area contributed by atoms with Crippen molar-refractivity contribution in [3.05, 3.63) is 57.6 Å². The predicted octanol–water partition coefficient (Wildman–Crippen LogP) is 3.40. The summed E-state index contributed by atoms with van der Waals surface area (Å²) in [6.07, 6.45) is 0. The number of benzene rings is 2. The zero-order valence-electron chi connectivity index (χ0n) is 11.5. The van der Waals surface area contributed by atoms with E-state index in [-0.39, 0.29) is 6.61 Å². The molecule has 0 saturated carbocycles. The number of ether oxygens (including phenoxy) is 2. The number of halogens is 1. The van der Waals surface area contributed by atoms with Crippen molar-refractivity contribution in [2.45, 2.75) is 13.2 Å². The summed E-state index contributed by atoms with van der Waals surface area (Å²) in [6.45, 7) is 0.303. The van der Waals surface area contributed by atoms with Gasteiger partial charge in [0.05, 0.1) is 19.3 Å². The fourth-order valence-electron chi connectivity index (χ4n) is 1.85. The first-order chi connectivity index (χ1) is 10.2. The van der Waals surface area contributed by atoms with Crippen LogP contribution in [0.25, 0.3) is 0 Å². The maximum atomic E-state index is 9.22. The molecule has 0 heterocycles. The van der Waals surface area contributed by atoms with E-state index < -0.39 is 0 Å². The number of hydrogen-bond acceptors (Lipinski definition) is 4. The summed E-state index contributed by atoms with van der Waals surface area (Å²) in [5.41, 5.74) is 2.16. The summed E-state index contributed by atoms with van der Waals surface area (Å²) in [6, 6.07) is 12.8. The molecule has 0 fully saturated rings. The van der Waals surface area contributed by atoms with Gasteiger partial charge in [-0.1, -0.05) is 22.0 Å². The smallest absolute Gasteiger partial charge is 0.137 e. The molecule has 0 aliphatic heterocycles. The van der Waals surface area contributed by atoms with Gasteiger partial charge in [0.2, 0.25) is 0 Å². The van der Waals surface area contributed by atoms with Crippen LogP contribution in [0, 0.1) is 11.3 Å². The summed E-state index contributed by atoms with van der Waals surface area (Å²) >= 11 is 3.36. The van der Waals surface area contributed by atoms with Gasteiger partial charge in [-0.3, -0.25) is 0 Å². The number of nitrogens with zero attached hydrogens (tertiary/aromatic N) is 1. The van der Waals surface area contributed by atoms with Gasteiger partial charge >= 0.3 is 0 Å². The van der Waals surface area contributed by atoms with E-state index in [1.807, 2.05) is 18.2 Å². The van der Waals surface area contributed by atoms with Crippen LogP contribution in [-0.4, -0.2) is 12.2 Å². The lowest BCUT2D eigenvalue weighted by atomic mass is 10.1. The van der Waals surface area contributed by atoms with E-state index in [2.05, 4.69) is 22.0 Å². The molecule has 0 atom stereocenters. The molecule has 0 spiro atoms. The number of aliphatic hydroxyl groups excluding tert-OH is 1. The van der Waals surface area contributed by atoms with Gasteiger partial charge in [0, 0.05) is 4.47 Å². The molecule has 0 amide bonds. The van der Waals surface area contributed by atoms with Crippen molar-refractivity contribution in [3.8, 4) is 17.6 Å². The van der Waals surface area contributed by atoms with Gasteiger partial charge in [0.15, 0.2) is 0 Å². The van der Waals surface area contributed by atoms with Crippen molar-refractivity contribution in [3.63, 3.8) is 0 Å². The van der Waals surface area contributed by atoms with E-state index in [0.29, 0.717) is 23.7 Å². The maximum absolute atomic E-state index is 9.22. The van der Waals surface area contributed by atoms with Gasteiger partial charge in [0.1, 0.15) is 24.2 Å². The minimum Gasteiger partial charge on any atom is -0.495 e. The van der Waals surface area contributed by atoms with E-state index in [1.165, 1.54) is 7.11 Å². The molecule has 0 aliphatic rings. The number of rotatable bonds is 5. The van der Waals surface area contributed by atoms with Crippen LogP contribution in [0.4, 0.5) is 0 Å². The van der Waals surface area contributed by atoms with Gasteiger partial charge < -0.3 is 14.6 Å². The van der Waals surface area contributed by atoms with Crippen LogP contribution in [0.2, 0.25) is 0 Å². The SMILES string of the molecule is COc1cc(COc2ccc(Br)c(CO)c2)ccc1C#N. The second-order valence-corrected chi connectivity index (χ2v) is 5.20. The summed E-state index contributed by atoms with van der Waals surface area (Å²) in [7, 11) is 1.53. The highest BCUT2D eigenvalue weighted by Gasteiger charge is 2.05. The van der Waals surface area contributed by atoms with E-state index >= 15 is 0 Å². The van der Waals surface area contributed by atoms with Gasteiger partial charge in [-0.15, -0.1) is 0 Å². The lowest BCUT2D eigenvalue weighted by molar-refractivity contribution is 0.277. The Morgan fingerprint density at radius 1 is 1.24 bits per heavy atom. The molecular weight excluding hydrogens is 334 g/mol. The topological polar surface area (TPSA) is 62.5 Å². The molecule has 0 aromatic heterocycles. The molecule has 2 aromatic rings. The molecular formula is C16H14BrNO3. The van der Waals surface area contributed by atoms with Crippen molar-refractivity contribution in [1.82, 2.24) is 0 Å². The Morgan fingerprint density at radius 3 is 2.71 bits per heavy atom. The van der Waals surface area contributed by atoms with Crippen molar-refractivity contribution >= 4 is 15.9 Å². The van der Waals surface area contributed by atoms with Crippen LogP contribution >= 0.6 is 15.9 Å². The Labute approximate surface area is 131 Å². The quantitative estimate of drug-likeness (QED) is 0.900. The number of nitriles is 1. The van der Waals surface area contributed by atoms with Crippen LogP contribution in [-0.2, 0) is 13.2 Å². The second-order valence-electron chi connectivity index (χ2n) is 4.35. The molecule has 0 saturated heterocycles. The van der Waals surface area contributed by atoms with Crippen molar-refractivity contribution in [1.29, 1.82) is 5.26 Å². The molecule has 0 bridgehead atoms. The average Bonchev–Trinajstić information content (AvgIpc) is 2.53. The normalized spacial score (nSPS) is 10.0. The number of aliphatic hydroxyl groups is 1. The molecule has 108 valence electrons. The van der Waals surface area contributed by atoms with Crippen LogP contribution in [0.3, 0.4) is 0 Å². The number of methoxy groups -OCH3 is 1. The van der Waals surface area contributed by atoms with Crippen molar-refractivity contribution in [2.24, 2.45) is 0 Å². The molecule has 4 nitrogen and oxygen atoms in total. The van der Waals surface area contributed by atoms with E-state index in [4.69, 9.17) is 14.7 Å². The Morgan fingerprint density at radius 2 is 2.05 bits per heavy atom. The Bertz CT molecular complexity index is 680. The zero-order valence-corrected chi connectivity index (χ0v) is 13.1. The molecule has 1 N–H and O–H groups in total. The van der Waals surface area contributed by atoms with Crippen LogP contribution in [0.1, 0.15) is 16.7 Å². The third kappa shape index (κ3) is 3.75. The van der Waals surface area contributed by atoms with Crippen LogP contribution < -0.4 is 9.47 Å². The van der Waals surface area contributed by atoms with Crippen LogP contribution in [0.15, 0.2) is 40.9 Å². The van der Waals surface area contributed by atoms with Gasteiger partial charge in [-0.25, -0.2) is 0 Å². The second kappa shape index (κ2) is 7.11. The van der Waals surface area contributed by atoms with Gasteiger partial charge in [-0.05, 0) is 41.5 Å². The summed E-state index contributed by atoms with van der Waals surface area (Å²) in [4.78, 5) is 0. The summed E-state index contributed by atoms with van der Waals surface area (Å²) < 4.78 is 11.7. The van der Waals surface area contributed by atoms with Crippen molar-refractivity contribution < 1.29 is 14.6 Å². The fourth-order valence-corrected chi connectivity index (χ4v) is 2.22. The first kappa shape index (κ1) is 15.4. The fraction of sp³-hybridized carbons (Fsp3) is 0.188. The maximum Gasteiger partial charge on any atom is 0.137 e. The lowest BCUT2D eigenvalue weighted by Crippen LogP contribution is -1.98. The first-order valence-corrected chi connectivity index (χ1v) is 7.06. The summed E-state index contributed by atoms with van der Waals surface area (Å²) in [5, 5.41) is 18.2. The molecule has 5 heteroatoms. The Hall–Kier alpha value is -2.03. The Kier molecular flexibility index (Phi) is 5.20. The van der Waals surface area contributed by atoms with E-state index in [0.717, 1.165) is 15.6 Å². The molecule has 0 unspecified atom stereocenters. The number of hydrogen-bond donors (Lipinski definition) is 1. The highest BCUT2D eigenvalue weighted by molar-refractivity contribution is 9.10. The minimum atomic E-state index is -0.0531. The monoisotopic (exact) mass is 347 g/mol. The highest BCUT2D eigenvalue weighted by Crippen LogP contribution is 2.24. The largest absolute Gasteiger partial charge is 0.495 e. The molecule has 0 radical (unpaired) electrons. The average molecular weight is 348 g/mol. The zero-order chi connectivity index (χ0) is 15.2. The van der Waals surface area contributed by atoms with Gasteiger partial charge in [-0.2, -0.15) is 5.26 Å². The third-order valence-corrected chi connectivity index (χ3v) is 3.75. The van der Waals surface area contributed by atoms with E-state index in [1.54, 1.807) is 18.2 Å². The first-order valence-electron chi connectivity index (χ1n) is 6.27. The molecule has 0 aliphatic carbocycles. The van der Waals surface area contributed by atoms with E-state index in [9.17, 15) is 5.11 Å². The predicted molar refractivity (Wildman–Crippen MR) is 82.1 cm³/mol. The standard InChI is InChI=1S/C16H14BrNO3/c1-20-16-6-11(2-3-12(16)8-18)10-21-14-4-5-15(17)13(7-14)9-19/h2-7,19H,9-10H2,1H3. The summed E-state index contributed by atoms with van der Waals surface area (Å²) in [5.74, 6) is 1.20. The van der Waals surface area contributed by atoms with Crippen LogP contribution in [0.5, 0.6) is 11.5 Å². The highest BCUT2D eigenvalue weighted by atomic mass is 79.9. The third-order valence-electron chi connectivity index (χ3n) is 2.98.